The Balaban J connectivity index is 2.13. The van der Waals surface area contributed by atoms with Crippen molar-refractivity contribution in [3.8, 4) is 0 Å². The van der Waals surface area contributed by atoms with Gasteiger partial charge in [-0.15, -0.1) is 0 Å². The van der Waals surface area contributed by atoms with Gasteiger partial charge in [0.05, 0.1) is 17.3 Å². The van der Waals surface area contributed by atoms with Gasteiger partial charge in [-0.3, -0.25) is 9.59 Å². The van der Waals surface area contributed by atoms with Crippen molar-refractivity contribution in [1.29, 1.82) is 0 Å². The predicted octanol–water partition coefficient (Wildman–Crippen LogP) is 3.92. The lowest BCUT2D eigenvalue weighted by atomic mass is 10.2. The Morgan fingerprint density at radius 3 is 2.48 bits per heavy atom. The van der Waals surface area contributed by atoms with Crippen molar-refractivity contribution < 1.29 is 14.3 Å². The van der Waals surface area contributed by atoms with Gasteiger partial charge in [0.25, 0.3) is 5.91 Å². The first kappa shape index (κ1) is 17.7. The lowest BCUT2D eigenvalue weighted by Gasteiger charge is -2.03. The van der Waals surface area contributed by atoms with Crippen molar-refractivity contribution in [2.24, 2.45) is 4.99 Å². The second-order valence-corrected chi connectivity index (χ2v) is 6.96. The quantitative estimate of drug-likeness (QED) is 0.632. The zero-order valence-electron chi connectivity index (χ0n) is 13.0. The second kappa shape index (κ2) is 7.39. The van der Waals surface area contributed by atoms with E-state index < -0.39 is 11.9 Å². The highest BCUT2D eigenvalue weighted by Crippen LogP contribution is 2.22. The number of hydrogen-bond acceptors (Lipinski definition) is 4. The van der Waals surface area contributed by atoms with Crippen LogP contribution in [0.3, 0.4) is 0 Å². The highest BCUT2D eigenvalue weighted by Gasteiger charge is 2.13. The Bertz CT molecular complexity index is 1020. The lowest BCUT2D eigenvalue weighted by Crippen LogP contribution is -2.22. The number of carbonyl (C=O) groups excluding carboxylic acids is 2. The highest BCUT2D eigenvalue weighted by molar-refractivity contribution is 7.16. The number of hydrogen-bond donors (Lipinski definition) is 0. The summed E-state index contributed by atoms with van der Waals surface area (Å²) in [6.45, 7) is -0.0507. The van der Waals surface area contributed by atoms with E-state index in [0.29, 0.717) is 20.4 Å². The number of fused-ring (bicyclic) bond motifs is 1. The molecule has 2 aromatic carbocycles. The number of ether oxygens (including phenoxy) is 1. The third-order valence-corrected chi connectivity index (χ3v) is 4.98. The molecule has 1 aromatic heterocycles. The number of methoxy groups -OCH3 is 1. The number of esters is 1. The molecule has 0 spiro atoms. The van der Waals surface area contributed by atoms with Crippen molar-refractivity contribution in [2.75, 3.05) is 7.11 Å². The van der Waals surface area contributed by atoms with Crippen LogP contribution in [0.5, 0.6) is 0 Å². The number of carbonyl (C=O) groups is 2. The zero-order valence-corrected chi connectivity index (χ0v) is 15.4. The van der Waals surface area contributed by atoms with Crippen LogP contribution in [0.1, 0.15) is 10.4 Å². The smallest absolute Gasteiger partial charge is 0.325 e. The van der Waals surface area contributed by atoms with Crippen molar-refractivity contribution in [2.45, 2.75) is 6.54 Å². The third-order valence-electron chi connectivity index (χ3n) is 3.45. The van der Waals surface area contributed by atoms with Gasteiger partial charge >= 0.3 is 5.97 Å². The first-order valence-corrected chi connectivity index (χ1v) is 8.75. The fourth-order valence-electron chi connectivity index (χ4n) is 2.22. The van der Waals surface area contributed by atoms with Gasteiger partial charge in [0.15, 0.2) is 4.80 Å². The Kier molecular flexibility index (Phi) is 5.22. The van der Waals surface area contributed by atoms with Gasteiger partial charge in [-0.1, -0.05) is 34.5 Å². The monoisotopic (exact) mass is 394 g/mol. The summed E-state index contributed by atoms with van der Waals surface area (Å²) in [5.41, 5.74) is 1.16. The molecule has 5 nitrogen and oxygen atoms in total. The highest BCUT2D eigenvalue weighted by atomic mass is 35.5. The van der Waals surface area contributed by atoms with Gasteiger partial charge in [-0.2, -0.15) is 4.99 Å². The molecule has 0 aliphatic heterocycles. The van der Waals surface area contributed by atoms with Gasteiger partial charge in [-0.05, 0) is 42.5 Å². The molecule has 0 unspecified atom stereocenters. The summed E-state index contributed by atoms with van der Waals surface area (Å²) in [6.07, 6.45) is 0. The van der Waals surface area contributed by atoms with Gasteiger partial charge in [-0.25, -0.2) is 0 Å². The van der Waals surface area contributed by atoms with Crippen LogP contribution in [0.2, 0.25) is 10.0 Å². The minimum Gasteiger partial charge on any atom is -0.468 e. The molecule has 25 heavy (non-hydrogen) atoms. The van der Waals surface area contributed by atoms with Gasteiger partial charge in [0, 0.05) is 15.6 Å². The maximum atomic E-state index is 12.4. The molecule has 3 rings (SSSR count). The van der Waals surface area contributed by atoms with Crippen LogP contribution < -0.4 is 4.80 Å². The SMILES string of the molecule is COC(=O)Cn1c(=NC(=O)c2ccc(Cl)cc2)sc2cc(Cl)ccc21. The fraction of sp³-hybridized carbons (Fsp3) is 0.118. The molecule has 0 radical (unpaired) electrons. The van der Waals surface area contributed by atoms with Gasteiger partial charge in [0.1, 0.15) is 6.54 Å². The minimum atomic E-state index is -0.435. The molecule has 3 aromatic rings. The van der Waals surface area contributed by atoms with Crippen LogP contribution in [0, 0.1) is 0 Å². The molecule has 0 aliphatic carbocycles. The lowest BCUT2D eigenvalue weighted by molar-refractivity contribution is -0.141. The van der Waals surface area contributed by atoms with E-state index in [0.717, 1.165) is 10.2 Å². The van der Waals surface area contributed by atoms with Crippen LogP contribution in [-0.4, -0.2) is 23.6 Å². The second-order valence-electron chi connectivity index (χ2n) is 5.08. The molecule has 128 valence electrons. The molecule has 0 bridgehead atoms. The summed E-state index contributed by atoms with van der Waals surface area (Å²) in [5.74, 6) is -0.858. The number of rotatable bonds is 3. The zero-order chi connectivity index (χ0) is 18.0. The van der Waals surface area contributed by atoms with Gasteiger partial charge < -0.3 is 9.30 Å². The minimum absolute atomic E-state index is 0.0507. The summed E-state index contributed by atoms with van der Waals surface area (Å²) in [4.78, 5) is 28.7. The van der Waals surface area contributed by atoms with Crippen molar-refractivity contribution in [3.05, 3.63) is 62.9 Å². The summed E-state index contributed by atoms with van der Waals surface area (Å²) in [6, 6.07) is 11.7. The molecule has 1 amide bonds. The average molecular weight is 395 g/mol. The molecule has 0 atom stereocenters. The predicted molar refractivity (Wildman–Crippen MR) is 98.2 cm³/mol. The van der Waals surface area contributed by atoms with E-state index in [-0.39, 0.29) is 6.54 Å². The summed E-state index contributed by atoms with van der Waals surface area (Å²) in [5, 5.41) is 1.10. The summed E-state index contributed by atoms with van der Waals surface area (Å²) < 4.78 is 7.18. The van der Waals surface area contributed by atoms with Crippen LogP contribution in [0.15, 0.2) is 47.5 Å². The Hall–Kier alpha value is -2.15. The van der Waals surface area contributed by atoms with E-state index >= 15 is 0 Å². The number of thiazole rings is 1. The Morgan fingerprint density at radius 2 is 1.80 bits per heavy atom. The van der Waals surface area contributed by atoms with Crippen LogP contribution in [0.25, 0.3) is 10.2 Å². The molecular formula is C17H12Cl2N2O3S. The Morgan fingerprint density at radius 1 is 1.12 bits per heavy atom. The van der Waals surface area contributed by atoms with E-state index in [1.165, 1.54) is 18.4 Å². The van der Waals surface area contributed by atoms with E-state index in [1.54, 1.807) is 47.0 Å². The first-order chi connectivity index (χ1) is 12.0. The van der Waals surface area contributed by atoms with Gasteiger partial charge in [0.2, 0.25) is 0 Å². The molecular weight excluding hydrogens is 383 g/mol. The molecule has 0 aliphatic rings. The average Bonchev–Trinajstić information content (AvgIpc) is 2.91. The number of benzene rings is 2. The largest absolute Gasteiger partial charge is 0.468 e. The molecule has 0 saturated carbocycles. The molecule has 1 heterocycles. The maximum absolute atomic E-state index is 12.4. The third kappa shape index (κ3) is 3.92. The van der Waals surface area contributed by atoms with Crippen LogP contribution in [-0.2, 0) is 16.1 Å². The number of amides is 1. The van der Waals surface area contributed by atoms with Crippen molar-refractivity contribution in [3.63, 3.8) is 0 Å². The van der Waals surface area contributed by atoms with E-state index in [2.05, 4.69) is 4.99 Å². The van der Waals surface area contributed by atoms with Crippen molar-refractivity contribution >= 4 is 56.6 Å². The van der Waals surface area contributed by atoms with E-state index in [4.69, 9.17) is 27.9 Å². The number of aromatic nitrogens is 1. The van der Waals surface area contributed by atoms with Crippen molar-refractivity contribution in [1.82, 2.24) is 4.57 Å². The standard InChI is InChI=1S/C17H12Cl2N2O3S/c1-24-15(22)9-21-13-7-6-12(19)8-14(13)25-17(21)20-16(23)10-2-4-11(18)5-3-10/h2-8H,9H2,1H3. The molecule has 0 N–H and O–H groups in total. The van der Waals surface area contributed by atoms with Crippen LogP contribution in [0.4, 0.5) is 0 Å². The van der Waals surface area contributed by atoms with E-state index in [1.807, 2.05) is 0 Å². The molecule has 0 fully saturated rings. The number of nitrogens with zero attached hydrogens (tertiary/aromatic N) is 2. The van der Waals surface area contributed by atoms with Crippen LogP contribution >= 0.6 is 34.5 Å². The summed E-state index contributed by atoms with van der Waals surface area (Å²) in [7, 11) is 1.31. The molecule has 8 heteroatoms. The topological polar surface area (TPSA) is 60.7 Å². The fourth-order valence-corrected chi connectivity index (χ4v) is 3.65. The normalized spacial score (nSPS) is 11.7. The maximum Gasteiger partial charge on any atom is 0.325 e. The number of halogens is 2. The Labute approximate surface area is 157 Å². The molecule has 0 saturated heterocycles. The first-order valence-electron chi connectivity index (χ1n) is 7.18. The summed E-state index contributed by atoms with van der Waals surface area (Å²) >= 11 is 13.1. The van der Waals surface area contributed by atoms with E-state index in [9.17, 15) is 9.59 Å².